The summed E-state index contributed by atoms with van der Waals surface area (Å²) in [4.78, 5) is 0.208. The van der Waals surface area contributed by atoms with E-state index < -0.39 is 10.0 Å². The van der Waals surface area contributed by atoms with Crippen molar-refractivity contribution in [3.8, 4) is 11.5 Å². The van der Waals surface area contributed by atoms with Crippen molar-refractivity contribution in [3.63, 3.8) is 0 Å². The lowest BCUT2D eigenvalue weighted by Crippen LogP contribution is -2.42. The van der Waals surface area contributed by atoms with E-state index in [-0.39, 0.29) is 4.90 Å². The smallest absolute Gasteiger partial charge is 0.246 e. The fourth-order valence-corrected chi connectivity index (χ4v) is 5.17. The third kappa shape index (κ3) is 4.03. The maximum atomic E-state index is 13.2. The fraction of sp³-hybridized carbons (Fsp3) is 0.667. The number of hydrogen-bond acceptors (Lipinski definition) is 4. The molecule has 1 aliphatic rings. The molecule has 1 aromatic carbocycles. The summed E-state index contributed by atoms with van der Waals surface area (Å²) in [6, 6.07) is 3.38. The van der Waals surface area contributed by atoms with Gasteiger partial charge in [0.05, 0.1) is 13.2 Å². The van der Waals surface area contributed by atoms with E-state index in [1.165, 1.54) is 0 Å². The Bertz CT molecular complexity index is 662. The van der Waals surface area contributed by atoms with Crippen molar-refractivity contribution in [2.24, 2.45) is 11.8 Å². The zero-order valence-electron chi connectivity index (χ0n) is 15.3. The van der Waals surface area contributed by atoms with Crippen LogP contribution in [0.25, 0.3) is 0 Å². The quantitative estimate of drug-likeness (QED) is 0.784. The second kappa shape index (κ2) is 7.74. The summed E-state index contributed by atoms with van der Waals surface area (Å²) in [6.07, 6.45) is 1.06. The highest BCUT2D eigenvalue weighted by atomic mass is 32.2. The number of sulfonamides is 1. The van der Waals surface area contributed by atoms with Crippen LogP contribution in [0.4, 0.5) is 0 Å². The van der Waals surface area contributed by atoms with Crippen LogP contribution in [0.5, 0.6) is 11.5 Å². The van der Waals surface area contributed by atoms with Crippen molar-refractivity contribution in [1.82, 2.24) is 4.31 Å². The maximum Gasteiger partial charge on any atom is 0.246 e. The van der Waals surface area contributed by atoms with Gasteiger partial charge in [0.1, 0.15) is 16.4 Å². The average Bonchev–Trinajstić information content (AvgIpc) is 2.49. The van der Waals surface area contributed by atoms with Crippen LogP contribution in [-0.4, -0.2) is 39.0 Å². The van der Waals surface area contributed by atoms with E-state index in [9.17, 15) is 8.42 Å². The van der Waals surface area contributed by atoms with Gasteiger partial charge in [-0.15, -0.1) is 0 Å². The average molecular weight is 356 g/mol. The van der Waals surface area contributed by atoms with E-state index in [1.807, 2.05) is 20.8 Å². The molecule has 2 unspecified atom stereocenters. The van der Waals surface area contributed by atoms with Crippen LogP contribution >= 0.6 is 0 Å². The monoisotopic (exact) mass is 355 g/mol. The minimum atomic E-state index is -3.61. The fourth-order valence-electron chi connectivity index (χ4n) is 3.36. The maximum absolute atomic E-state index is 13.2. The van der Waals surface area contributed by atoms with E-state index in [2.05, 4.69) is 13.8 Å². The van der Waals surface area contributed by atoms with Crippen molar-refractivity contribution in [3.05, 3.63) is 17.7 Å². The van der Waals surface area contributed by atoms with Crippen LogP contribution in [-0.2, 0) is 10.0 Å². The molecule has 1 aromatic rings. The molecule has 0 bridgehead atoms. The molecular weight excluding hydrogens is 326 g/mol. The molecule has 24 heavy (non-hydrogen) atoms. The van der Waals surface area contributed by atoms with Crippen LogP contribution in [0.1, 0.15) is 39.7 Å². The van der Waals surface area contributed by atoms with Crippen LogP contribution < -0.4 is 9.47 Å². The van der Waals surface area contributed by atoms with Gasteiger partial charge in [-0.25, -0.2) is 8.42 Å². The third-order valence-electron chi connectivity index (χ3n) is 4.29. The first-order valence-corrected chi connectivity index (χ1v) is 10.1. The minimum absolute atomic E-state index is 0.208. The van der Waals surface area contributed by atoms with Crippen molar-refractivity contribution >= 4 is 10.0 Å². The number of aryl methyl sites for hydroxylation is 1. The van der Waals surface area contributed by atoms with Gasteiger partial charge < -0.3 is 9.47 Å². The molecule has 0 N–H and O–H groups in total. The summed E-state index contributed by atoms with van der Waals surface area (Å²) in [5.41, 5.74) is 0.875. The Balaban J connectivity index is 2.48. The number of rotatable bonds is 6. The lowest BCUT2D eigenvalue weighted by Gasteiger charge is -2.34. The van der Waals surface area contributed by atoms with Crippen LogP contribution in [0.2, 0.25) is 0 Å². The number of ether oxygens (including phenoxy) is 2. The molecule has 0 amide bonds. The van der Waals surface area contributed by atoms with E-state index in [4.69, 9.17) is 9.47 Å². The van der Waals surface area contributed by atoms with Gasteiger partial charge >= 0.3 is 0 Å². The Labute approximate surface area is 146 Å². The second-order valence-electron chi connectivity index (χ2n) is 6.70. The molecule has 1 heterocycles. The van der Waals surface area contributed by atoms with Crippen LogP contribution in [0.15, 0.2) is 17.0 Å². The third-order valence-corrected chi connectivity index (χ3v) is 6.15. The normalized spacial score (nSPS) is 22.4. The molecule has 0 saturated carbocycles. The van der Waals surface area contributed by atoms with Gasteiger partial charge in [0.15, 0.2) is 0 Å². The second-order valence-corrected chi connectivity index (χ2v) is 8.60. The van der Waals surface area contributed by atoms with Gasteiger partial charge in [-0.05, 0) is 50.7 Å². The first kappa shape index (κ1) is 19.1. The molecule has 0 spiro atoms. The van der Waals surface area contributed by atoms with Crippen molar-refractivity contribution in [2.75, 3.05) is 26.3 Å². The van der Waals surface area contributed by atoms with Crippen molar-refractivity contribution in [2.45, 2.75) is 45.9 Å². The first-order chi connectivity index (χ1) is 11.3. The molecule has 2 atom stereocenters. The number of hydrogen-bond donors (Lipinski definition) is 0. The van der Waals surface area contributed by atoms with E-state index in [1.54, 1.807) is 16.4 Å². The molecule has 1 aliphatic heterocycles. The van der Waals surface area contributed by atoms with Crippen molar-refractivity contribution in [1.29, 1.82) is 0 Å². The Morgan fingerprint density at radius 2 is 1.58 bits per heavy atom. The van der Waals surface area contributed by atoms with E-state index in [0.29, 0.717) is 49.6 Å². The Hall–Kier alpha value is -1.27. The van der Waals surface area contributed by atoms with Gasteiger partial charge in [0.25, 0.3) is 0 Å². The summed E-state index contributed by atoms with van der Waals surface area (Å²) in [5.74, 6) is 1.72. The molecule has 5 nitrogen and oxygen atoms in total. The molecule has 1 saturated heterocycles. The summed E-state index contributed by atoms with van der Waals surface area (Å²) in [6.45, 7) is 11.9. The standard InChI is InChI=1S/C18H29NO4S/c1-6-22-16-10-18(17(23-7-2)9-15(16)5)24(20,21)19-11-13(3)8-14(4)12-19/h9-10,13-14H,6-8,11-12H2,1-5H3. The minimum Gasteiger partial charge on any atom is -0.494 e. The van der Waals surface area contributed by atoms with Gasteiger partial charge in [0, 0.05) is 19.2 Å². The summed E-state index contributed by atoms with van der Waals surface area (Å²) in [5, 5.41) is 0. The van der Waals surface area contributed by atoms with Gasteiger partial charge in [0.2, 0.25) is 10.0 Å². The van der Waals surface area contributed by atoms with E-state index >= 15 is 0 Å². The molecule has 0 radical (unpaired) electrons. The molecule has 136 valence electrons. The topological polar surface area (TPSA) is 55.8 Å². The highest BCUT2D eigenvalue weighted by molar-refractivity contribution is 7.89. The molecule has 0 aliphatic carbocycles. The van der Waals surface area contributed by atoms with Crippen molar-refractivity contribution < 1.29 is 17.9 Å². The zero-order chi connectivity index (χ0) is 17.9. The lowest BCUT2D eigenvalue weighted by molar-refractivity contribution is 0.221. The van der Waals surface area contributed by atoms with Crippen LogP contribution in [0, 0.1) is 18.8 Å². The Morgan fingerprint density at radius 3 is 2.12 bits per heavy atom. The first-order valence-electron chi connectivity index (χ1n) is 8.69. The van der Waals surface area contributed by atoms with Gasteiger partial charge in [-0.3, -0.25) is 0 Å². The molecule has 1 fully saturated rings. The van der Waals surface area contributed by atoms with Gasteiger partial charge in [-0.1, -0.05) is 13.8 Å². The highest BCUT2D eigenvalue weighted by Crippen LogP contribution is 2.35. The van der Waals surface area contributed by atoms with Crippen LogP contribution in [0.3, 0.4) is 0 Å². The predicted octanol–water partition coefficient (Wildman–Crippen LogP) is 3.46. The van der Waals surface area contributed by atoms with E-state index in [0.717, 1.165) is 12.0 Å². The number of benzene rings is 1. The largest absolute Gasteiger partial charge is 0.494 e. The molecule has 0 aromatic heterocycles. The molecule has 2 rings (SSSR count). The number of piperidine rings is 1. The lowest BCUT2D eigenvalue weighted by atomic mass is 9.94. The summed E-state index contributed by atoms with van der Waals surface area (Å²) < 4.78 is 39.3. The number of nitrogens with zero attached hydrogens (tertiary/aromatic N) is 1. The molecular formula is C18H29NO4S. The van der Waals surface area contributed by atoms with Gasteiger partial charge in [-0.2, -0.15) is 4.31 Å². The SMILES string of the molecule is CCOc1cc(S(=O)(=O)N2CC(C)CC(C)C2)c(OCC)cc1C. The summed E-state index contributed by atoms with van der Waals surface area (Å²) in [7, 11) is -3.61. The zero-order valence-corrected chi connectivity index (χ0v) is 16.1. The predicted molar refractivity (Wildman–Crippen MR) is 95.2 cm³/mol. The molecule has 6 heteroatoms. The Kier molecular flexibility index (Phi) is 6.15. The summed E-state index contributed by atoms with van der Waals surface area (Å²) >= 11 is 0. The highest BCUT2D eigenvalue weighted by Gasteiger charge is 2.34. The Morgan fingerprint density at radius 1 is 1.04 bits per heavy atom.